The van der Waals surface area contributed by atoms with E-state index in [1.165, 1.54) is 31.2 Å². The number of aromatic nitrogens is 2. The summed E-state index contributed by atoms with van der Waals surface area (Å²) in [4.78, 5) is 8.86. The van der Waals surface area contributed by atoms with Crippen LogP contribution in [0.4, 0.5) is 0 Å². The standard InChI is InChI=1S/C19H25N3O/c1-14-4-2-7-17(8-14)19-21-11-18(12-22-19)23-13-16-6-3-5-15(9-16)10-20/h2,4,7-8,11-12,15-16H,3,5-6,9-10,13,20H2,1H3. The van der Waals surface area contributed by atoms with Crippen molar-refractivity contribution in [1.29, 1.82) is 0 Å². The molecule has 1 heterocycles. The summed E-state index contributed by atoms with van der Waals surface area (Å²) in [5.41, 5.74) is 8.04. The minimum absolute atomic E-state index is 0.605. The summed E-state index contributed by atoms with van der Waals surface area (Å²) in [6, 6.07) is 8.21. The van der Waals surface area contributed by atoms with Crippen molar-refractivity contribution in [3.63, 3.8) is 0 Å². The molecular formula is C19H25N3O. The van der Waals surface area contributed by atoms with E-state index in [-0.39, 0.29) is 0 Å². The summed E-state index contributed by atoms with van der Waals surface area (Å²) in [5, 5.41) is 0. The topological polar surface area (TPSA) is 61.0 Å². The van der Waals surface area contributed by atoms with Crippen LogP contribution in [-0.2, 0) is 0 Å². The lowest BCUT2D eigenvalue weighted by molar-refractivity contribution is 0.177. The number of benzene rings is 1. The van der Waals surface area contributed by atoms with Crippen molar-refractivity contribution in [2.75, 3.05) is 13.2 Å². The molecule has 0 aliphatic heterocycles. The third-order valence-corrected chi connectivity index (χ3v) is 4.61. The van der Waals surface area contributed by atoms with Gasteiger partial charge in [-0.1, -0.05) is 30.2 Å². The van der Waals surface area contributed by atoms with Gasteiger partial charge in [-0.05, 0) is 50.6 Å². The molecule has 1 aliphatic carbocycles. The van der Waals surface area contributed by atoms with Crippen molar-refractivity contribution >= 4 is 0 Å². The molecule has 0 radical (unpaired) electrons. The second kappa shape index (κ2) is 7.55. The molecule has 23 heavy (non-hydrogen) atoms. The Bertz CT molecular complexity index is 627. The van der Waals surface area contributed by atoms with E-state index in [9.17, 15) is 0 Å². The van der Waals surface area contributed by atoms with Gasteiger partial charge in [0.15, 0.2) is 11.6 Å². The average Bonchev–Trinajstić information content (AvgIpc) is 2.60. The third-order valence-electron chi connectivity index (χ3n) is 4.61. The van der Waals surface area contributed by atoms with Gasteiger partial charge in [0.25, 0.3) is 0 Å². The number of nitrogens with two attached hydrogens (primary N) is 1. The number of rotatable bonds is 5. The summed E-state index contributed by atoms with van der Waals surface area (Å²) in [5.74, 6) is 2.75. The molecule has 1 aromatic heterocycles. The third kappa shape index (κ3) is 4.29. The average molecular weight is 311 g/mol. The maximum atomic E-state index is 5.89. The maximum absolute atomic E-state index is 5.89. The molecule has 2 unspecified atom stereocenters. The highest BCUT2D eigenvalue weighted by atomic mass is 16.5. The fourth-order valence-corrected chi connectivity index (χ4v) is 3.31. The van der Waals surface area contributed by atoms with Crippen molar-refractivity contribution in [2.45, 2.75) is 32.6 Å². The van der Waals surface area contributed by atoms with Crippen LogP contribution < -0.4 is 10.5 Å². The van der Waals surface area contributed by atoms with Gasteiger partial charge in [0.1, 0.15) is 0 Å². The van der Waals surface area contributed by atoms with E-state index in [4.69, 9.17) is 10.5 Å². The first-order valence-electron chi connectivity index (χ1n) is 8.46. The number of nitrogens with zero attached hydrogens (tertiary/aromatic N) is 2. The van der Waals surface area contributed by atoms with Gasteiger partial charge in [-0.15, -0.1) is 0 Å². The van der Waals surface area contributed by atoms with Gasteiger partial charge in [0, 0.05) is 5.56 Å². The van der Waals surface area contributed by atoms with Crippen molar-refractivity contribution in [1.82, 2.24) is 9.97 Å². The molecule has 1 fully saturated rings. The first-order valence-corrected chi connectivity index (χ1v) is 8.46. The molecule has 1 aromatic carbocycles. The van der Waals surface area contributed by atoms with E-state index >= 15 is 0 Å². The second-order valence-corrected chi connectivity index (χ2v) is 6.56. The van der Waals surface area contributed by atoms with Crippen LogP contribution in [0, 0.1) is 18.8 Å². The second-order valence-electron chi connectivity index (χ2n) is 6.56. The molecule has 4 nitrogen and oxygen atoms in total. The molecular weight excluding hydrogens is 286 g/mol. The van der Waals surface area contributed by atoms with Crippen LogP contribution in [0.25, 0.3) is 11.4 Å². The van der Waals surface area contributed by atoms with Crippen molar-refractivity contribution in [3.8, 4) is 17.1 Å². The van der Waals surface area contributed by atoms with Crippen LogP contribution in [0.3, 0.4) is 0 Å². The molecule has 4 heteroatoms. The van der Waals surface area contributed by atoms with Gasteiger partial charge < -0.3 is 10.5 Å². The lowest BCUT2D eigenvalue weighted by atomic mass is 9.82. The molecule has 2 N–H and O–H groups in total. The predicted molar refractivity (Wildman–Crippen MR) is 92.2 cm³/mol. The first-order chi connectivity index (χ1) is 11.2. The van der Waals surface area contributed by atoms with Gasteiger partial charge >= 0.3 is 0 Å². The highest BCUT2D eigenvalue weighted by Crippen LogP contribution is 2.29. The normalized spacial score (nSPS) is 21.1. The minimum atomic E-state index is 0.605. The number of ether oxygens (including phenoxy) is 1. The van der Waals surface area contributed by atoms with Crippen LogP contribution in [0.1, 0.15) is 31.2 Å². The van der Waals surface area contributed by atoms with Gasteiger partial charge in [-0.25, -0.2) is 9.97 Å². The monoisotopic (exact) mass is 311 g/mol. The number of hydrogen-bond acceptors (Lipinski definition) is 4. The Morgan fingerprint density at radius 2 is 1.96 bits per heavy atom. The largest absolute Gasteiger partial charge is 0.490 e. The van der Waals surface area contributed by atoms with Crippen molar-refractivity contribution in [3.05, 3.63) is 42.2 Å². The van der Waals surface area contributed by atoms with E-state index in [2.05, 4.69) is 29.0 Å². The summed E-state index contributed by atoms with van der Waals surface area (Å²) in [6.45, 7) is 3.61. The zero-order chi connectivity index (χ0) is 16.1. The molecule has 0 saturated heterocycles. The Hall–Kier alpha value is -1.94. The summed E-state index contributed by atoms with van der Waals surface area (Å²) in [7, 11) is 0. The van der Waals surface area contributed by atoms with E-state index in [0.29, 0.717) is 11.8 Å². The quantitative estimate of drug-likeness (QED) is 0.916. The minimum Gasteiger partial charge on any atom is -0.490 e. The predicted octanol–water partition coefficient (Wildman–Crippen LogP) is 3.60. The maximum Gasteiger partial charge on any atom is 0.159 e. The van der Waals surface area contributed by atoms with Crippen LogP contribution in [0.15, 0.2) is 36.7 Å². The first kappa shape index (κ1) is 15.9. The summed E-state index contributed by atoms with van der Waals surface area (Å²) in [6.07, 6.45) is 8.49. The highest BCUT2D eigenvalue weighted by Gasteiger charge is 2.21. The Morgan fingerprint density at radius 3 is 2.70 bits per heavy atom. The Balaban J connectivity index is 1.57. The van der Waals surface area contributed by atoms with Crippen LogP contribution in [0.2, 0.25) is 0 Å². The van der Waals surface area contributed by atoms with Gasteiger partial charge in [0.05, 0.1) is 19.0 Å². The zero-order valence-electron chi connectivity index (χ0n) is 13.7. The Labute approximate surface area is 138 Å². The van der Waals surface area contributed by atoms with Crippen LogP contribution in [-0.4, -0.2) is 23.1 Å². The van der Waals surface area contributed by atoms with Crippen molar-refractivity contribution < 1.29 is 4.74 Å². The van der Waals surface area contributed by atoms with E-state index in [1.807, 2.05) is 12.1 Å². The molecule has 122 valence electrons. The SMILES string of the molecule is Cc1cccc(-c2ncc(OCC3CCCC(CN)C3)cn2)c1. The van der Waals surface area contributed by atoms with Gasteiger partial charge in [0.2, 0.25) is 0 Å². The summed E-state index contributed by atoms with van der Waals surface area (Å²) >= 11 is 0. The van der Waals surface area contributed by atoms with Gasteiger partial charge in [-0.3, -0.25) is 0 Å². The molecule has 1 aliphatic rings. The lowest BCUT2D eigenvalue weighted by Crippen LogP contribution is -2.25. The Kier molecular flexibility index (Phi) is 5.23. The van der Waals surface area contributed by atoms with E-state index in [0.717, 1.165) is 30.3 Å². The Morgan fingerprint density at radius 1 is 1.17 bits per heavy atom. The highest BCUT2D eigenvalue weighted by molar-refractivity contribution is 5.55. The molecule has 2 atom stereocenters. The smallest absolute Gasteiger partial charge is 0.159 e. The number of aryl methyl sites for hydroxylation is 1. The molecule has 0 amide bonds. The molecule has 2 aromatic rings. The van der Waals surface area contributed by atoms with E-state index in [1.54, 1.807) is 12.4 Å². The van der Waals surface area contributed by atoms with Gasteiger partial charge in [-0.2, -0.15) is 0 Å². The fraction of sp³-hybridized carbons (Fsp3) is 0.474. The van der Waals surface area contributed by atoms with Crippen molar-refractivity contribution in [2.24, 2.45) is 17.6 Å². The lowest BCUT2D eigenvalue weighted by Gasteiger charge is -2.28. The molecule has 3 rings (SSSR count). The zero-order valence-corrected chi connectivity index (χ0v) is 13.7. The van der Waals surface area contributed by atoms with Crippen LogP contribution >= 0.6 is 0 Å². The molecule has 0 bridgehead atoms. The van der Waals surface area contributed by atoms with Crippen LogP contribution in [0.5, 0.6) is 5.75 Å². The fourth-order valence-electron chi connectivity index (χ4n) is 3.31. The van der Waals surface area contributed by atoms with E-state index < -0.39 is 0 Å². The molecule has 0 spiro atoms. The number of hydrogen-bond donors (Lipinski definition) is 1. The molecule has 1 saturated carbocycles. The summed E-state index contributed by atoms with van der Waals surface area (Å²) < 4.78 is 5.89.